The molecule has 0 saturated heterocycles. The summed E-state index contributed by atoms with van der Waals surface area (Å²) < 4.78 is 7.37. The van der Waals surface area contributed by atoms with Gasteiger partial charge in [-0.2, -0.15) is 0 Å². The van der Waals surface area contributed by atoms with Gasteiger partial charge in [0.05, 0.1) is 23.9 Å². The van der Waals surface area contributed by atoms with Gasteiger partial charge in [0, 0.05) is 30.4 Å². The monoisotopic (exact) mass is 282 g/mol. The van der Waals surface area contributed by atoms with Crippen LogP contribution in [0.25, 0.3) is 22.2 Å². The van der Waals surface area contributed by atoms with Gasteiger partial charge in [-0.05, 0) is 18.2 Å². The quantitative estimate of drug-likeness (QED) is 0.802. The lowest BCUT2D eigenvalue weighted by Gasteiger charge is -2.04. The molecule has 0 aliphatic rings. The molecule has 0 aliphatic carbocycles. The van der Waals surface area contributed by atoms with E-state index in [0.717, 1.165) is 27.9 Å². The molecule has 3 rings (SSSR count). The Labute approximate surface area is 121 Å². The lowest BCUT2D eigenvalue weighted by Crippen LogP contribution is -1.96. The van der Waals surface area contributed by atoms with E-state index in [1.807, 2.05) is 36.0 Å². The van der Waals surface area contributed by atoms with Gasteiger partial charge < -0.3 is 14.4 Å². The summed E-state index contributed by atoms with van der Waals surface area (Å²) in [5.74, 6) is -0.183. The maximum absolute atomic E-state index is 10.9. The number of carboxylic acid groups (broad SMARTS) is 1. The van der Waals surface area contributed by atoms with Gasteiger partial charge in [0.15, 0.2) is 0 Å². The van der Waals surface area contributed by atoms with E-state index >= 15 is 0 Å². The first-order chi connectivity index (χ1) is 10.1. The van der Waals surface area contributed by atoms with E-state index in [2.05, 4.69) is 4.98 Å². The number of ether oxygens (including phenoxy) is 1. The first kappa shape index (κ1) is 13.2. The summed E-state index contributed by atoms with van der Waals surface area (Å²) in [7, 11) is 3.58. The summed E-state index contributed by atoms with van der Waals surface area (Å²) in [6.07, 6.45) is 3.34. The maximum atomic E-state index is 10.9. The summed E-state index contributed by atoms with van der Waals surface area (Å²) >= 11 is 0. The van der Waals surface area contributed by atoms with Crippen LogP contribution in [0.1, 0.15) is 10.4 Å². The fraction of sp³-hybridized carbons (Fsp3) is 0.125. The molecule has 0 spiro atoms. The number of hydrogen-bond donors (Lipinski definition) is 1. The number of carboxylic acids is 1. The van der Waals surface area contributed by atoms with Crippen molar-refractivity contribution in [2.45, 2.75) is 0 Å². The van der Waals surface area contributed by atoms with Crippen LogP contribution in [0, 0.1) is 0 Å². The summed E-state index contributed by atoms with van der Waals surface area (Å²) in [6, 6.07) is 9.12. The molecule has 0 bridgehead atoms. The van der Waals surface area contributed by atoms with Crippen molar-refractivity contribution in [2.75, 3.05) is 7.11 Å². The summed E-state index contributed by atoms with van der Waals surface area (Å²) in [5.41, 5.74) is 2.85. The third-order valence-corrected chi connectivity index (χ3v) is 3.47. The minimum Gasteiger partial charge on any atom is -0.495 e. The van der Waals surface area contributed by atoms with Gasteiger partial charge in [0.2, 0.25) is 0 Å². The van der Waals surface area contributed by atoms with Crippen LogP contribution in [0.4, 0.5) is 0 Å². The minimum absolute atomic E-state index is 0.177. The van der Waals surface area contributed by atoms with Crippen molar-refractivity contribution in [3.8, 4) is 17.0 Å². The highest BCUT2D eigenvalue weighted by Crippen LogP contribution is 2.34. The van der Waals surface area contributed by atoms with E-state index in [-0.39, 0.29) is 5.56 Å². The highest BCUT2D eigenvalue weighted by atomic mass is 16.5. The standard InChI is InChI=1S/C16H14N2O3/c1-18-9-12(11-4-3-5-14(21-2)15(11)18)13-7-6-10(8-17-13)16(19)20/h3-9H,1-2H3,(H,19,20). The molecule has 0 fully saturated rings. The maximum Gasteiger partial charge on any atom is 0.337 e. The van der Waals surface area contributed by atoms with Gasteiger partial charge in [-0.25, -0.2) is 4.79 Å². The van der Waals surface area contributed by atoms with Crippen molar-refractivity contribution in [2.24, 2.45) is 7.05 Å². The Morgan fingerprint density at radius 1 is 1.29 bits per heavy atom. The number of methoxy groups -OCH3 is 1. The van der Waals surface area contributed by atoms with E-state index in [1.54, 1.807) is 19.2 Å². The van der Waals surface area contributed by atoms with Crippen LogP contribution in [0.5, 0.6) is 5.75 Å². The van der Waals surface area contributed by atoms with E-state index in [4.69, 9.17) is 9.84 Å². The van der Waals surface area contributed by atoms with Crippen molar-refractivity contribution in [1.29, 1.82) is 0 Å². The number of rotatable bonds is 3. The zero-order chi connectivity index (χ0) is 15.0. The number of aromatic carboxylic acids is 1. The Kier molecular flexibility index (Phi) is 3.10. The fourth-order valence-electron chi connectivity index (χ4n) is 2.48. The van der Waals surface area contributed by atoms with Gasteiger partial charge in [-0.3, -0.25) is 4.98 Å². The SMILES string of the molecule is COc1cccc2c(-c3ccc(C(=O)O)cn3)cn(C)c12. The number of pyridine rings is 1. The van der Waals surface area contributed by atoms with Crippen LogP contribution >= 0.6 is 0 Å². The lowest BCUT2D eigenvalue weighted by atomic mass is 10.1. The summed E-state index contributed by atoms with van der Waals surface area (Å²) in [4.78, 5) is 15.1. The second-order valence-electron chi connectivity index (χ2n) is 4.75. The van der Waals surface area contributed by atoms with Crippen molar-refractivity contribution in [3.63, 3.8) is 0 Å². The molecule has 1 aromatic carbocycles. The molecular formula is C16H14N2O3. The third kappa shape index (κ3) is 2.12. The molecule has 0 aliphatic heterocycles. The molecular weight excluding hydrogens is 268 g/mol. The predicted molar refractivity (Wildman–Crippen MR) is 79.7 cm³/mol. The van der Waals surface area contributed by atoms with Crippen LogP contribution in [0.2, 0.25) is 0 Å². The first-order valence-corrected chi connectivity index (χ1v) is 6.43. The summed E-state index contributed by atoms with van der Waals surface area (Å²) in [6.45, 7) is 0. The minimum atomic E-state index is -0.978. The fourth-order valence-corrected chi connectivity index (χ4v) is 2.48. The third-order valence-electron chi connectivity index (χ3n) is 3.47. The zero-order valence-corrected chi connectivity index (χ0v) is 11.7. The highest BCUT2D eigenvalue weighted by molar-refractivity contribution is 5.98. The smallest absolute Gasteiger partial charge is 0.337 e. The van der Waals surface area contributed by atoms with Crippen LogP contribution in [-0.2, 0) is 7.05 Å². The largest absolute Gasteiger partial charge is 0.495 e. The van der Waals surface area contributed by atoms with Crippen molar-refractivity contribution in [3.05, 3.63) is 48.3 Å². The summed E-state index contributed by atoms with van der Waals surface area (Å²) in [5, 5.41) is 9.95. The number of nitrogens with zero attached hydrogens (tertiary/aromatic N) is 2. The van der Waals surface area contributed by atoms with E-state index < -0.39 is 5.97 Å². The zero-order valence-electron chi connectivity index (χ0n) is 11.7. The first-order valence-electron chi connectivity index (χ1n) is 6.43. The molecule has 1 N–H and O–H groups in total. The van der Waals surface area contributed by atoms with Crippen molar-refractivity contribution in [1.82, 2.24) is 9.55 Å². The van der Waals surface area contributed by atoms with Gasteiger partial charge in [0.1, 0.15) is 5.75 Å². The van der Waals surface area contributed by atoms with Gasteiger partial charge in [-0.1, -0.05) is 12.1 Å². The number of aromatic nitrogens is 2. The molecule has 106 valence electrons. The molecule has 2 aromatic heterocycles. The van der Waals surface area contributed by atoms with Gasteiger partial charge in [0.25, 0.3) is 0 Å². The molecule has 21 heavy (non-hydrogen) atoms. The highest BCUT2D eigenvalue weighted by Gasteiger charge is 2.13. The molecule has 0 amide bonds. The number of aryl methyl sites for hydroxylation is 1. The Morgan fingerprint density at radius 3 is 2.71 bits per heavy atom. The lowest BCUT2D eigenvalue weighted by molar-refractivity contribution is 0.0696. The van der Waals surface area contributed by atoms with Crippen molar-refractivity contribution >= 4 is 16.9 Å². The number of hydrogen-bond acceptors (Lipinski definition) is 3. The number of para-hydroxylation sites is 1. The number of carbonyl (C=O) groups is 1. The van der Waals surface area contributed by atoms with Crippen LogP contribution in [0.3, 0.4) is 0 Å². The Bertz CT molecular complexity index is 819. The molecule has 0 atom stereocenters. The Morgan fingerprint density at radius 2 is 2.10 bits per heavy atom. The average molecular weight is 282 g/mol. The number of fused-ring (bicyclic) bond motifs is 1. The normalized spacial score (nSPS) is 10.8. The van der Waals surface area contributed by atoms with Gasteiger partial charge in [-0.15, -0.1) is 0 Å². The molecule has 2 heterocycles. The van der Waals surface area contributed by atoms with E-state index in [0.29, 0.717) is 0 Å². The van der Waals surface area contributed by atoms with Gasteiger partial charge >= 0.3 is 5.97 Å². The Balaban J connectivity index is 2.19. The number of benzene rings is 1. The second kappa shape index (κ2) is 4.94. The average Bonchev–Trinajstić information content (AvgIpc) is 2.85. The molecule has 3 aromatic rings. The van der Waals surface area contributed by atoms with Crippen molar-refractivity contribution < 1.29 is 14.6 Å². The Hall–Kier alpha value is -2.82. The van der Waals surface area contributed by atoms with Crippen LogP contribution in [0.15, 0.2) is 42.7 Å². The van der Waals surface area contributed by atoms with Crippen LogP contribution < -0.4 is 4.74 Å². The van der Waals surface area contributed by atoms with Crippen LogP contribution in [-0.4, -0.2) is 27.7 Å². The van der Waals surface area contributed by atoms with E-state index in [1.165, 1.54) is 6.20 Å². The molecule has 5 heteroatoms. The molecule has 5 nitrogen and oxygen atoms in total. The second-order valence-corrected chi connectivity index (χ2v) is 4.75. The molecule has 0 unspecified atom stereocenters. The topological polar surface area (TPSA) is 64.3 Å². The predicted octanol–water partition coefficient (Wildman–Crippen LogP) is 2.95. The molecule has 0 saturated carbocycles. The van der Waals surface area contributed by atoms with E-state index in [9.17, 15) is 4.79 Å². The molecule has 0 radical (unpaired) electrons.